The van der Waals surface area contributed by atoms with Gasteiger partial charge in [-0.1, -0.05) is 35.9 Å². The first-order chi connectivity index (χ1) is 10.1. The van der Waals surface area contributed by atoms with Gasteiger partial charge in [-0.3, -0.25) is 4.79 Å². The Morgan fingerprint density at radius 1 is 1.29 bits per heavy atom. The van der Waals surface area contributed by atoms with Gasteiger partial charge in [0.2, 0.25) is 0 Å². The quantitative estimate of drug-likeness (QED) is 0.745. The summed E-state index contributed by atoms with van der Waals surface area (Å²) in [6, 6.07) is 12.0. The lowest BCUT2D eigenvalue weighted by Crippen LogP contribution is -2.34. The highest BCUT2D eigenvalue weighted by Crippen LogP contribution is 2.31. The number of rotatable bonds is 2. The molecule has 1 aliphatic carbocycles. The van der Waals surface area contributed by atoms with Crippen molar-refractivity contribution < 1.29 is 9.90 Å². The van der Waals surface area contributed by atoms with Gasteiger partial charge >= 0.3 is 0 Å². The lowest BCUT2D eigenvalue weighted by Gasteiger charge is -2.18. The van der Waals surface area contributed by atoms with E-state index in [-0.39, 0.29) is 5.91 Å². The monoisotopic (exact) mass is 302 g/mol. The molecule has 2 aromatic carbocycles. The fourth-order valence-corrected chi connectivity index (χ4v) is 2.86. The Kier molecular flexibility index (Phi) is 3.57. The number of fused-ring (bicyclic) bond motifs is 1. The van der Waals surface area contributed by atoms with Crippen LogP contribution in [0, 0.1) is 0 Å². The molecule has 0 aromatic heterocycles. The summed E-state index contributed by atoms with van der Waals surface area (Å²) in [5.74, 6) is -0.337. The Hall–Kier alpha value is -2.04. The van der Waals surface area contributed by atoms with E-state index in [0.717, 1.165) is 11.1 Å². The zero-order valence-corrected chi connectivity index (χ0v) is 12.0. The number of halogens is 1. The number of nitrogen functional groups attached to an aromatic ring is 1. The van der Waals surface area contributed by atoms with Crippen molar-refractivity contribution >= 4 is 23.2 Å². The fourth-order valence-electron chi connectivity index (χ4n) is 2.69. The molecule has 0 fully saturated rings. The van der Waals surface area contributed by atoms with E-state index in [1.165, 1.54) is 6.07 Å². The van der Waals surface area contributed by atoms with Crippen molar-refractivity contribution in [3.8, 4) is 0 Å². The van der Waals surface area contributed by atoms with Crippen molar-refractivity contribution in [2.45, 2.75) is 18.6 Å². The molecule has 3 rings (SSSR count). The number of hydrogen-bond acceptors (Lipinski definition) is 3. The zero-order valence-electron chi connectivity index (χ0n) is 11.2. The van der Waals surface area contributed by atoms with Crippen LogP contribution in [0.4, 0.5) is 5.69 Å². The lowest BCUT2D eigenvalue weighted by molar-refractivity contribution is 0.0859. The van der Waals surface area contributed by atoms with Crippen molar-refractivity contribution in [2.24, 2.45) is 0 Å². The highest BCUT2D eigenvalue weighted by molar-refractivity contribution is 6.31. The number of carbonyl (C=O) groups excluding carboxylic acids is 1. The van der Waals surface area contributed by atoms with Crippen LogP contribution in [-0.4, -0.2) is 17.1 Å². The molecule has 108 valence electrons. The topological polar surface area (TPSA) is 75.4 Å². The Balaban J connectivity index is 1.87. The van der Waals surface area contributed by atoms with Crippen LogP contribution >= 0.6 is 11.6 Å². The van der Waals surface area contributed by atoms with Crippen LogP contribution in [0.15, 0.2) is 42.5 Å². The number of benzene rings is 2. The van der Waals surface area contributed by atoms with E-state index < -0.39 is 12.1 Å². The molecule has 0 unspecified atom stereocenters. The summed E-state index contributed by atoms with van der Waals surface area (Å²) in [5.41, 5.74) is 8.48. The van der Waals surface area contributed by atoms with E-state index in [9.17, 15) is 9.90 Å². The standard InChI is InChI=1S/C16H15ClN2O2/c17-10-5-6-13(18)12(8-10)16(21)19-15-11-4-2-1-3-9(11)7-14(15)20/h1-6,8,14-15,20H,7,18H2,(H,19,21)/t14-,15+/m0/s1. The van der Waals surface area contributed by atoms with Gasteiger partial charge in [-0.05, 0) is 29.3 Å². The maximum Gasteiger partial charge on any atom is 0.253 e. The molecule has 0 heterocycles. The molecule has 4 N–H and O–H groups in total. The summed E-state index contributed by atoms with van der Waals surface area (Å²) in [5, 5.41) is 13.4. The molecular formula is C16H15ClN2O2. The summed E-state index contributed by atoms with van der Waals surface area (Å²) >= 11 is 5.90. The molecule has 0 aliphatic heterocycles. The summed E-state index contributed by atoms with van der Waals surface area (Å²) in [6.07, 6.45) is -0.0988. The Labute approximate surface area is 127 Å². The Bertz CT molecular complexity index is 702. The first kappa shape index (κ1) is 13.9. The van der Waals surface area contributed by atoms with Crippen LogP contribution in [0.2, 0.25) is 5.02 Å². The van der Waals surface area contributed by atoms with E-state index >= 15 is 0 Å². The highest BCUT2D eigenvalue weighted by atomic mass is 35.5. The SMILES string of the molecule is Nc1ccc(Cl)cc1C(=O)N[C@@H]1c2ccccc2C[C@@H]1O. The van der Waals surface area contributed by atoms with Gasteiger partial charge in [0.25, 0.3) is 5.91 Å². The van der Waals surface area contributed by atoms with Crippen LogP contribution < -0.4 is 11.1 Å². The van der Waals surface area contributed by atoms with Crippen LogP contribution in [0.3, 0.4) is 0 Å². The zero-order chi connectivity index (χ0) is 15.0. The van der Waals surface area contributed by atoms with Gasteiger partial charge < -0.3 is 16.2 Å². The summed E-state index contributed by atoms with van der Waals surface area (Å²) in [6.45, 7) is 0. The molecule has 0 bridgehead atoms. The average Bonchev–Trinajstić information content (AvgIpc) is 2.78. The molecule has 5 heteroatoms. The minimum absolute atomic E-state index is 0.319. The predicted octanol–water partition coefficient (Wildman–Crippen LogP) is 2.31. The van der Waals surface area contributed by atoms with E-state index in [1.54, 1.807) is 12.1 Å². The molecule has 1 amide bonds. The molecule has 0 saturated carbocycles. The van der Waals surface area contributed by atoms with E-state index in [2.05, 4.69) is 5.32 Å². The third-order valence-corrected chi connectivity index (χ3v) is 3.99. The summed E-state index contributed by atoms with van der Waals surface area (Å²) in [4.78, 5) is 12.4. The molecule has 0 radical (unpaired) electrons. The fraction of sp³-hybridized carbons (Fsp3) is 0.188. The molecule has 0 spiro atoms. The summed E-state index contributed by atoms with van der Waals surface area (Å²) in [7, 11) is 0. The van der Waals surface area contributed by atoms with Crippen molar-refractivity contribution in [3.63, 3.8) is 0 Å². The second-order valence-electron chi connectivity index (χ2n) is 5.15. The number of anilines is 1. The van der Waals surface area contributed by atoms with E-state index in [0.29, 0.717) is 22.7 Å². The maximum absolute atomic E-state index is 12.4. The molecule has 0 saturated heterocycles. The van der Waals surface area contributed by atoms with Gasteiger partial charge in [0.05, 0.1) is 17.7 Å². The number of carbonyl (C=O) groups is 1. The van der Waals surface area contributed by atoms with Crippen molar-refractivity contribution in [1.29, 1.82) is 0 Å². The number of amides is 1. The van der Waals surface area contributed by atoms with Crippen LogP contribution in [0.5, 0.6) is 0 Å². The van der Waals surface area contributed by atoms with Gasteiger partial charge in [0.1, 0.15) is 0 Å². The lowest BCUT2D eigenvalue weighted by atomic mass is 10.1. The van der Waals surface area contributed by atoms with Crippen molar-refractivity contribution in [2.75, 3.05) is 5.73 Å². The molecular weight excluding hydrogens is 288 g/mol. The molecule has 1 aliphatic rings. The highest BCUT2D eigenvalue weighted by Gasteiger charge is 2.32. The average molecular weight is 303 g/mol. The van der Waals surface area contributed by atoms with Crippen LogP contribution in [0.1, 0.15) is 27.5 Å². The smallest absolute Gasteiger partial charge is 0.253 e. The first-order valence-electron chi connectivity index (χ1n) is 6.68. The van der Waals surface area contributed by atoms with Gasteiger partial charge in [-0.25, -0.2) is 0 Å². The summed E-state index contributed by atoms with van der Waals surface area (Å²) < 4.78 is 0. The van der Waals surface area contributed by atoms with Gasteiger partial charge in [-0.15, -0.1) is 0 Å². The van der Waals surface area contributed by atoms with Crippen LogP contribution in [-0.2, 0) is 6.42 Å². The minimum Gasteiger partial charge on any atom is -0.398 e. The largest absolute Gasteiger partial charge is 0.398 e. The number of nitrogens with two attached hydrogens (primary N) is 1. The van der Waals surface area contributed by atoms with Gasteiger partial charge in [0.15, 0.2) is 0 Å². The maximum atomic E-state index is 12.4. The van der Waals surface area contributed by atoms with E-state index in [1.807, 2.05) is 24.3 Å². The number of nitrogens with one attached hydrogen (secondary N) is 1. The van der Waals surface area contributed by atoms with E-state index in [4.69, 9.17) is 17.3 Å². The first-order valence-corrected chi connectivity index (χ1v) is 7.06. The molecule has 2 atom stereocenters. The predicted molar refractivity (Wildman–Crippen MR) is 82.2 cm³/mol. The number of hydrogen-bond donors (Lipinski definition) is 3. The van der Waals surface area contributed by atoms with Gasteiger partial charge in [-0.2, -0.15) is 0 Å². The molecule has 21 heavy (non-hydrogen) atoms. The molecule has 2 aromatic rings. The third kappa shape index (κ3) is 2.60. The van der Waals surface area contributed by atoms with Gasteiger partial charge in [0, 0.05) is 17.1 Å². The molecule has 4 nitrogen and oxygen atoms in total. The second kappa shape index (κ2) is 5.39. The number of aliphatic hydroxyl groups is 1. The van der Waals surface area contributed by atoms with Crippen molar-refractivity contribution in [3.05, 3.63) is 64.2 Å². The van der Waals surface area contributed by atoms with Crippen LogP contribution in [0.25, 0.3) is 0 Å². The Morgan fingerprint density at radius 2 is 2.05 bits per heavy atom. The number of aliphatic hydroxyl groups excluding tert-OH is 1. The second-order valence-corrected chi connectivity index (χ2v) is 5.59. The minimum atomic E-state index is -0.633. The Morgan fingerprint density at radius 3 is 2.86 bits per heavy atom. The normalized spacial score (nSPS) is 20.1. The van der Waals surface area contributed by atoms with Crippen molar-refractivity contribution in [1.82, 2.24) is 5.32 Å². The third-order valence-electron chi connectivity index (χ3n) is 3.75.